The summed E-state index contributed by atoms with van der Waals surface area (Å²) in [6.07, 6.45) is 3.82. The Hall–Kier alpha value is -1.03. The number of carboxylic acid groups (broad SMARTS) is 1. The molecular formula is C24H38O8S. The maximum atomic E-state index is 13.5. The molecule has 0 radical (unpaired) electrons. The van der Waals surface area contributed by atoms with Crippen LogP contribution < -0.4 is 0 Å². The zero-order valence-electron chi connectivity index (χ0n) is 19.8. The van der Waals surface area contributed by atoms with Crippen molar-refractivity contribution in [3.05, 3.63) is 0 Å². The fourth-order valence-corrected chi connectivity index (χ4v) is 9.16. The molecule has 188 valence electrons. The summed E-state index contributed by atoms with van der Waals surface area (Å²) in [6.45, 7) is 6.38. The molecule has 9 heteroatoms. The molecule has 0 spiro atoms. The van der Waals surface area contributed by atoms with Crippen LogP contribution in [-0.4, -0.2) is 47.1 Å². The summed E-state index contributed by atoms with van der Waals surface area (Å²) >= 11 is 0. The smallest absolute Gasteiger partial charge is 0.397 e. The number of carbonyl (C=O) groups is 2. The summed E-state index contributed by atoms with van der Waals surface area (Å²) in [5.41, 5.74) is -0.587. The monoisotopic (exact) mass is 486 g/mol. The fourth-order valence-electron chi connectivity index (χ4n) is 8.64. The minimum atomic E-state index is -4.53. The van der Waals surface area contributed by atoms with Gasteiger partial charge in [-0.25, -0.2) is 4.18 Å². The van der Waals surface area contributed by atoms with E-state index in [0.717, 1.165) is 12.8 Å². The molecule has 0 amide bonds. The topological polar surface area (TPSA) is 138 Å². The van der Waals surface area contributed by atoms with Crippen LogP contribution in [0.4, 0.5) is 0 Å². The van der Waals surface area contributed by atoms with Gasteiger partial charge in [0.25, 0.3) is 0 Å². The van der Waals surface area contributed by atoms with Gasteiger partial charge in [-0.05, 0) is 80.0 Å². The fraction of sp³-hybridized carbons (Fsp3) is 0.917. The molecule has 0 heterocycles. The van der Waals surface area contributed by atoms with Crippen molar-refractivity contribution in [2.24, 2.45) is 46.3 Å². The minimum absolute atomic E-state index is 0.0324. The highest BCUT2D eigenvalue weighted by atomic mass is 32.3. The number of hydrogen-bond donors (Lipinski definition) is 3. The number of fused-ring (bicyclic) bond motifs is 5. The van der Waals surface area contributed by atoms with Crippen molar-refractivity contribution in [3.8, 4) is 0 Å². The van der Waals surface area contributed by atoms with Crippen molar-refractivity contribution < 1.29 is 37.0 Å². The Morgan fingerprint density at radius 3 is 2.52 bits per heavy atom. The highest BCUT2D eigenvalue weighted by Gasteiger charge is 2.66. The van der Waals surface area contributed by atoms with Gasteiger partial charge in [0.2, 0.25) is 0 Å². The lowest BCUT2D eigenvalue weighted by atomic mass is 9.43. The Labute approximate surface area is 196 Å². The molecule has 4 aliphatic rings. The highest BCUT2D eigenvalue weighted by molar-refractivity contribution is 7.80. The second kappa shape index (κ2) is 8.57. The third kappa shape index (κ3) is 4.28. The van der Waals surface area contributed by atoms with Crippen LogP contribution in [-0.2, 0) is 24.2 Å². The van der Waals surface area contributed by atoms with Gasteiger partial charge in [0.1, 0.15) is 5.78 Å². The van der Waals surface area contributed by atoms with Gasteiger partial charge in [-0.3, -0.25) is 14.1 Å². The molecule has 33 heavy (non-hydrogen) atoms. The normalized spacial score (nSPS) is 46.2. The van der Waals surface area contributed by atoms with Crippen LogP contribution in [0.15, 0.2) is 0 Å². The Morgan fingerprint density at radius 2 is 1.88 bits per heavy atom. The first-order valence-electron chi connectivity index (χ1n) is 12.4. The Kier molecular flexibility index (Phi) is 6.51. The Balaban J connectivity index is 1.57. The summed E-state index contributed by atoms with van der Waals surface area (Å²) in [7, 11) is -4.53. The van der Waals surface area contributed by atoms with Crippen molar-refractivity contribution in [3.63, 3.8) is 0 Å². The molecule has 4 saturated carbocycles. The number of hydrogen-bond acceptors (Lipinski definition) is 6. The molecular weight excluding hydrogens is 448 g/mol. The standard InChI is InChI=1S/C24H38O8S/c1-13(4-7-21(27)28)16-5-6-17-22-18(12-20(26)24(16,17)3)23(2)9-8-15(32-33(29,30)31)10-14(23)11-19(22)25/h13-18,20,22,26H,4-12H2,1-3H3,(H,27,28)(H,29,30,31)/t13-,14+,15-,16-,17+,18+,20+,22+,23+,24-/m1/s1. The van der Waals surface area contributed by atoms with Crippen molar-refractivity contribution in [2.75, 3.05) is 0 Å². The summed E-state index contributed by atoms with van der Waals surface area (Å²) in [5, 5.41) is 20.6. The lowest BCUT2D eigenvalue weighted by molar-refractivity contribution is -0.181. The van der Waals surface area contributed by atoms with Gasteiger partial charge in [-0.15, -0.1) is 0 Å². The van der Waals surface area contributed by atoms with Crippen LogP contribution in [0.2, 0.25) is 0 Å². The number of aliphatic carboxylic acids is 1. The van der Waals surface area contributed by atoms with Crippen LogP contribution in [0.25, 0.3) is 0 Å². The molecule has 10 atom stereocenters. The quantitative estimate of drug-likeness (QED) is 0.485. The van der Waals surface area contributed by atoms with Crippen LogP contribution >= 0.6 is 0 Å². The zero-order chi connectivity index (χ0) is 24.3. The van der Waals surface area contributed by atoms with E-state index in [9.17, 15) is 23.1 Å². The SMILES string of the molecule is C[C@H](CCC(=O)O)[C@H]1CC[C@H]2[C@@H]3C(=O)C[C@@H]4C[C@H](OS(=O)(=O)O)CC[C@]4(C)[C@H]3C[C@H](O)[C@]12C. The highest BCUT2D eigenvalue weighted by Crippen LogP contribution is 2.67. The molecule has 4 fully saturated rings. The van der Waals surface area contributed by atoms with E-state index in [1.807, 2.05) is 0 Å². The van der Waals surface area contributed by atoms with Gasteiger partial charge in [-0.2, -0.15) is 8.42 Å². The lowest BCUT2D eigenvalue weighted by Gasteiger charge is -2.61. The summed E-state index contributed by atoms with van der Waals surface area (Å²) in [4.78, 5) is 24.6. The number of carboxylic acids is 1. The predicted octanol–water partition coefficient (Wildman–Crippen LogP) is 3.48. The first-order valence-corrected chi connectivity index (χ1v) is 13.7. The van der Waals surface area contributed by atoms with Gasteiger partial charge in [0.15, 0.2) is 0 Å². The van der Waals surface area contributed by atoms with E-state index in [0.29, 0.717) is 38.5 Å². The molecule has 3 N–H and O–H groups in total. The van der Waals surface area contributed by atoms with Gasteiger partial charge in [-0.1, -0.05) is 20.8 Å². The van der Waals surface area contributed by atoms with E-state index in [1.165, 1.54) is 0 Å². The third-order valence-corrected chi connectivity index (χ3v) is 10.9. The molecule has 0 aromatic carbocycles. The van der Waals surface area contributed by atoms with Gasteiger partial charge < -0.3 is 10.2 Å². The number of aliphatic hydroxyl groups is 1. The van der Waals surface area contributed by atoms with Crippen molar-refractivity contribution >= 4 is 22.2 Å². The number of ketones is 1. The van der Waals surface area contributed by atoms with Crippen LogP contribution in [0.3, 0.4) is 0 Å². The number of Topliss-reactive ketones (excluding diaryl/α,β-unsaturated/α-hetero) is 1. The van der Waals surface area contributed by atoms with E-state index in [-0.39, 0.29) is 53.1 Å². The summed E-state index contributed by atoms with van der Waals surface area (Å²) < 4.78 is 36.4. The average Bonchev–Trinajstić information content (AvgIpc) is 3.05. The average molecular weight is 487 g/mol. The van der Waals surface area contributed by atoms with Crippen LogP contribution in [0.1, 0.15) is 78.6 Å². The van der Waals surface area contributed by atoms with E-state index in [1.54, 1.807) is 0 Å². The second-order valence-electron chi connectivity index (χ2n) is 11.7. The largest absolute Gasteiger partial charge is 0.481 e. The third-order valence-electron chi connectivity index (χ3n) is 10.4. The maximum Gasteiger partial charge on any atom is 0.397 e. The molecule has 0 saturated heterocycles. The number of aliphatic hydroxyl groups excluding tert-OH is 1. The predicted molar refractivity (Wildman–Crippen MR) is 119 cm³/mol. The second-order valence-corrected chi connectivity index (χ2v) is 12.8. The van der Waals surface area contributed by atoms with Crippen molar-refractivity contribution in [2.45, 2.75) is 90.8 Å². The number of carbonyl (C=O) groups excluding carboxylic acids is 1. The van der Waals surface area contributed by atoms with Gasteiger partial charge >= 0.3 is 16.4 Å². The van der Waals surface area contributed by atoms with E-state index in [4.69, 9.17) is 13.8 Å². The molecule has 8 nitrogen and oxygen atoms in total. The molecule has 0 aromatic heterocycles. The van der Waals surface area contributed by atoms with E-state index >= 15 is 0 Å². The number of rotatable bonds is 6. The van der Waals surface area contributed by atoms with Gasteiger partial charge in [0, 0.05) is 24.2 Å². The molecule has 0 unspecified atom stereocenters. The molecule has 4 rings (SSSR count). The molecule has 4 aliphatic carbocycles. The van der Waals surface area contributed by atoms with Crippen LogP contribution in [0.5, 0.6) is 0 Å². The zero-order valence-corrected chi connectivity index (χ0v) is 20.6. The summed E-state index contributed by atoms with van der Waals surface area (Å²) in [6, 6.07) is 0. The first kappa shape index (κ1) is 25.1. The molecule has 0 bridgehead atoms. The minimum Gasteiger partial charge on any atom is -0.481 e. The van der Waals surface area contributed by atoms with Crippen LogP contribution in [0, 0.1) is 46.3 Å². The van der Waals surface area contributed by atoms with Gasteiger partial charge in [0.05, 0.1) is 12.2 Å². The first-order chi connectivity index (χ1) is 15.3. The van der Waals surface area contributed by atoms with E-state index in [2.05, 4.69) is 20.8 Å². The molecule has 0 aliphatic heterocycles. The lowest BCUT2D eigenvalue weighted by Crippen LogP contribution is -2.61. The Morgan fingerprint density at radius 1 is 1.18 bits per heavy atom. The Bertz CT molecular complexity index is 902. The summed E-state index contributed by atoms with van der Waals surface area (Å²) in [5.74, 6) is -0.271. The van der Waals surface area contributed by atoms with Crippen molar-refractivity contribution in [1.29, 1.82) is 0 Å². The molecule has 0 aromatic rings. The maximum absolute atomic E-state index is 13.5. The van der Waals surface area contributed by atoms with E-state index < -0.39 is 34.0 Å². The van der Waals surface area contributed by atoms with Crippen molar-refractivity contribution in [1.82, 2.24) is 0 Å².